The van der Waals surface area contributed by atoms with Gasteiger partial charge < -0.3 is 10.7 Å². The van der Waals surface area contributed by atoms with E-state index in [0.717, 1.165) is 12.2 Å². The molecule has 2 rings (SSSR count). The molecule has 0 saturated carbocycles. The van der Waals surface area contributed by atoms with Gasteiger partial charge in [-0.1, -0.05) is 0 Å². The minimum Gasteiger partial charge on any atom is -0.369 e. The molecule has 1 aliphatic heterocycles. The van der Waals surface area contributed by atoms with Crippen LogP contribution in [0.2, 0.25) is 0 Å². The lowest BCUT2D eigenvalue weighted by Crippen LogP contribution is -2.18. The molecule has 0 atom stereocenters. The van der Waals surface area contributed by atoms with Crippen LogP contribution in [0.3, 0.4) is 0 Å². The fourth-order valence-corrected chi connectivity index (χ4v) is 1.64. The molecule has 66 valence electrons. The molecular weight excluding hydrogens is 152 g/mol. The standard InChI is InChI=1S/C8H14N4/c9-8-10-5-7(11-8)6-12-3-1-2-4-12/h5H,1-4,6H2,(H3,9,10,11). The third-order valence-electron chi connectivity index (χ3n) is 2.24. The number of aromatic nitrogens is 2. The predicted molar refractivity (Wildman–Crippen MR) is 47.5 cm³/mol. The number of nitrogens with zero attached hydrogens (tertiary/aromatic N) is 2. The summed E-state index contributed by atoms with van der Waals surface area (Å²) >= 11 is 0. The Balaban J connectivity index is 1.94. The summed E-state index contributed by atoms with van der Waals surface area (Å²) in [4.78, 5) is 9.39. The number of nitrogens with two attached hydrogens (primary N) is 1. The van der Waals surface area contributed by atoms with Crippen molar-refractivity contribution in [1.29, 1.82) is 0 Å². The second-order valence-corrected chi connectivity index (χ2v) is 3.28. The van der Waals surface area contributed by atoms with Crippen LogP contribution in [-0.4, -0.2) is 28.0 Å². The predicted octanol–water partition coefficient (Wildman–Crippen LogP) is 0.588. The Morgan fingerprint density at radius 2 is 2.25 bits per heavy atom. The summed E-state index contributed by atoms with van der Waals surface area (Å²) in [6.45, 7) is 3.38. The zero-order valence-corrected chi connectivity index (χ0v) is 7.08. The van der Waals surface area contributed by atoms with E-state index in [-0.39, 0.29) is 0 Å². The van der Waals surface area contributed by atoms with Gasteiger partial charge in [-0.05, 0) is 25.9 Å². The third-order valence-corrected chi connectivity index (χ3v) is 2.24. The van der Waals surface area contributed by atoms with Crippen LogP contribution in [0, 0.1) is 0 Å². The van der Waals surface area contributed by atoms with Gasteiger partial charge in [0.1, 0.15) is 0 Å². The Hall–Kier alpha value is -1.03. The van der Waals surface area contributed by atoms with E-state index < -0.39 is 0 Å². The topological polar surface area (TPSA) is 57.9 Å². The van der Waals surface area contributed by atoms with Gasteiger partial charge in [0.25, 0.3) is 0 Å². The lowest BCUT2D eigenvalue weighted by Gasteiger charge is -2.11. The molecule has 0 unspecified atom stereocenters. The van der Waals surface area contributed by atoms with E-state index in [1.165, 1.54) is 25.9 Å². The van der Waals surface area contributed by atoms with Crippen molar-refractivity contribution in [3.8, 4) is 0 Å². The van der Waals surface area contributed by atoms with Crippen LogP contribution in [0.4, 0.5) is 5.95 Å². The van der Waals surface area contributed by atoms with Gasteiger partial charge in [-0.2, -0.15) is 0 Å². The van der Waals surface area contributed by atoms with Crippen LogP contribution in [0.25, 0.3) is 0 Å². The van der Waals surface area contributed by atoms with Crippen LogP contribution in [-0.2, 0) is 6.54 Å². The van der Waals surface area contributed by atoms with E-state index in [9.17, 15) is 0 Å². The first-order valence-electron chi connectivity index (χ1n) is 4.36. The molecule has 0 bridgehead atoms. The highest BCUT2D eigenvalue weighted by Gasteiger charge is 2.12. The summed E-state index contributed by atoms with van der Waals surface area (Å²) in [7, 11) is 0. The fourth-order valence-electron chi connectivity index (χ4n) is 1.64. The summed E-state index contributed by atoms with van der Waals surface area (Å²) in [5, 5.41) is 0. The maximum absolute atomic E-state index is 5.47. The number of aromatic amines is 1. The molecule has 2 heterocycles. The molecule has 0 aromatic carbocycles. The second kappa shape index (κ2) is 3.15. The normalized spacial score (nSPS) is 18.7. The third kappa shape index (κ3) is 1.58. The fraction of sp³-hybridized carbons (Fsp3) is 0.625. The zero-order valence-electron chi connectivity index (χ0n) is 7.08. The molecule has 1 aliphatic rings. The highest BCUT2D eigenvalue weighted by atomic mass is 15.2. The second-order valence-electron chi connectivity index (χ2n) is 3.28. The van der Waals surface area contributed by atoms with Gasteiger partial charge in [-0.15, -0.1) is 0 Å². The largest absolute Gasteiger partial charge is 0.369 e. The molecule has 0 radical (unpaired) electrons. The number of anilines is 1. The van der Waals surface area contributed by atoms with Gasteiger partial charge in [-0.25, -0.2) is 4.98 Å². The van der Waals surface area contributed by atoms with Gasteiger partial charge in [0, 0.05) is 6.54 Å². The van der Waals surface area contributed by atoms with E-state index in [0.29, 0.717) is 5.95 Å². The van der Waals surface area contributed by atoms with E-state index in [1.807, 2.05) is 6.20 Å². The molecule has 1 aromatic rings. The van der Waals surface area contributed by atoms with E-state index in [4.69, 9.17) is 5.73 Å². The molecule has 1 fully saturated rings. The van der Waals surface area contributed by atoms with Gasteiger partial charge >= 0.3 is 0 Å². The summed E-state index contributed by atoms with van der Waals surface area (Å²) in [5.74, 6) is 0.518. The Labute approximate surface area is 71.8 Å². The van der Waals surface area contributed by atoms with Crippen LogP contribution in [0.5, 0.6) is 0 Å². The first-order chi connectivity index (χ1) is 5.84. The minimum atomic E-state index is 0.518. The lowest BCUT2D eigenvalue weighted by atomic mass is 10.4. The molecule has 0 spiro atoms. The Morgan fingerprint density at radius 3 is 2.83 bits per heavy atom. The Morgan fingerprint density at radius 1 is 1.50 bits per heavy atom. The molecule has 0 aliphatic carbocycles. The number of hydrogen-bond donors (Lipinski definition) is 2. The van der Waals surface area contributed by atoms with Crippen molar-refractivity contribution in [3.63, 3.8) is 0 Å². The van der Waals surface area contributed by atoms with Crippen molar-refractivity contribution in [1.82, 2.24) is 14.9 Å². The van der Waals surface area contributed by atoms with Crippen molar-refractivity contribution in [2.24, 2.45) is 0 Å². The van der Waals surface area contributed by atoms with Crippen LogP contribution in [0.15, 0.2) is 6.20 Å². The van der Waals surface area contributed by atoms with Crippen LogP contribution in [0.1, 0.15) is 18.5 Å². The average Bonchev–Trinajstić information content (AvgIpc) is 2.63. The zero-order chi connectivity index (χ0) is 8.39. The van der Waals surface area contributed by atoms with Crippen molar-refractivity contribution < 1.29 is 0 Å². The van der Waals surface area contributed by atoms with Gasteiger partial charge in [0.2, 0.25) is 0 Å². The number of imidazole rings is 1. The smallest absolute Gasteiger partial charge is 0.197 e. The number of rotatable bonds is 2. The first kappa shape index (κ1) is 7.61. The SMILES string of the molecule is Nc1ncc(CN2CCCC2)[nH]1. The lowest BCUT2D eigenvalue weighted by molar-refractivity contribution is 0.328. The van der Waals surface area contributed by atoms with Gasteiger partial charge in [0.15, 0.2) is 5.95 Å². The quantitative estimate of drug-likeness (QED) is 0.676. The van der Waals surface area contributed by atoms with Crippen LogP contribution < -0.4 is 5.73 Å². The minimum absolute atomic E-state index is 0.518. The number of H-pyrrole nitrogens is 1. The van der Waals surface area contributed by atoms with Crippen molar-refractivity contribution >= 4 is 5.95 Å². The van der Waals surface area contributed by atoms with Crippen molar-refractivity contribution in [3.05, 3.63) is 11.9 Å². The summed E-state index contributed by atoms with van der Waals surface area (Å²) in [5.41, 5.74) is 6.59. The van der Waals surface area contributed by atoms with Gasteiger partial charge in [0.05, 0.1) is 11.9 Å². The molecule has 1 saturated heterocycles. The average molecular weight is 166 g/mol. The number of hydrogen-bond acceptors (Lipinski definition) is 3. The maximum Gasteiger partial charge on any atom is 0.197 e. The number of nitrogen functional groups attached to an aromatic ring is 1. The van der Waals surface area contributed by atoms with Crippen molar-refractivity contribution in [2.75, 3.05) is 18.8 Å². The first-order valence-corrected chi connectivity index (χ1v) is 4.36. The molecule has 0 amide bonds. The Kier molecular flexibility index (Phi) is 1.99. The Bertz CT molecular complexity index is 249. The summed E-state index contributed by atoms with van der Waals surface area (Å²) in [6, 6.07) is 0. The molecule has 12 heavy (non-hydrogen) atoms. The molecule has 4 nitrogen and oxygen atoms in total. The van der Waals surface area contributed by atoms with E-state index >= 15 is 0 Å². The van der Waals surface area contributed by atoms with E-state index in [1.54, 1.807) is 0 Å². The molecular formula is C8H14N4. The van der Waals surface area contributed by atoms with Gasteiger partial charge in [-0.3, -0.25) is 4.90 Å². The summed E-state index contributed by atoms with van der Waals surface area (Å²) < 4.78 is 0. The van der Waals surface area contributed by atoms with Crippen molar-refractivity contribution in [2.45, 2.75) is 19.4 Å². The monoisotopic (exact) mass is 166 g/mol. The molecule has 4 heteroatoms. The molecule has 3 N–H and O–H groups in total. The van der Waals surface area contributed by atoms with E-state index in [2.05, 4.69) is 14.9 Å². The molecule has 1 aromatic heterocycles. The number of likely N-dealkylation sites (tertiary alicyclic amines) is 1. The highest BCUT2D eigenvalue weighted by Crippen LogP contribution is 2.11. The number of nitrogens with one attached hydrogen (secondary N) is 1. The highest BCUT2D eigenvalue weighted by molar-refractivity contribution is 5.18. The maximum atomic E-state index is 5.47. The van der Waals surface area contributed by atoms with Crippen LogP contribution >= 0.6 is 0 Å². The summed E-state index contributed by atoms with van der Waals surface area (Å²) in [6.07, 6.45) is 4.46.